The lowest BCUT2D eigenvalue weighted by Gasteiger charge is -2.16. The molecule has 94 valence electrons. The Kier molecular flexibility index (Phi) is 5.65. The minimum atomic E-state index is -0.264. The van der Waals surface area contributed by atoms with Gasteiger partial charge in [0.15, 0.2) is 0 Å². The largest absolute Gasteiger partial charge is 0.507 e. The van der Waals surface area contributed by atoms with Crippen molar-refractivity contribution in [3.05, 3.63) is 28.8 Å². The van der Waals surface area contributed by atoms with Crippen LogP contribution in [0.2, 0.25) is 5.02 Å². The van der Waals surface area contributed by atoms with Gasteiger partial charge >= 0.3 is 0 Å². The third-order valence-corrected chi connectivity index (χ3v) is 3.37. The molecule has 1 unspecified atom stereocenters. The van der Waals surface area contributed by atoms with Crippen LogP contribution in [0.4, 0.5) is 0 Å². The van der Waals surface area contributed by atoms with E-state index in [1.165, 1.54) is 12.1 Å². The average molecular weight is 274 g/mol. The zero-order chi connectivity index (χ0) is 12.8. The van der Waals surface area contributed by atoms with Crippen molar-refractivity contribution in [2.75, 3.05) is 12.0 Å². The number of thioether (sulfide) groups is 1. The molecule has 0 bridgehead atoms. The van der Waals surface area contributed by atoms with Gasteiger partial charge in [0.1, 0.15) is 5.75 Å². The predicted molar refractivity (Wildman–Crippen MR) is 73.0 cm³/mol. The highest BCUT2D eigenvalue weighted by molar-refractivity contribution is 7.98. The Bertz CT molecular complexity index is 398. The van der Waals surface area contributed by atoms with Crippen molar-refractivity contribution < 1.29 is 9.90 Å². The second kappa shape index (κ2) is 6.77. The Balaban J connectivity index is 2.75. The number of halogens is 1. The average Bonchev–Trinajstić information content (AvgIpc) is 2.28. The molecule has 0 aliphatic rings. The molecule has 0 aliphatic carbocycles. The molecule has 5 heteroatoms. The molecule has 2 N–H and O–H groups in total. The normalized spacial score (nSPS) is 12.2. The summed E-state index contributed by atoms with van der Waals surface area (Å²) in [7, 11) is 0. The molecular weight excluding hydrogens is 258 g/mol. The first-order chi connectivity index (χ1) is 8.08. The number of hydrogen-bond acceptors (Lipinski definition) is 3. The van der Waals surface area contributed by atoms with Crippen LogP contribution in [-0.4, -0.2) is 29.1 Å². The first-order valence-electron chi connectivity index (χ1n) is 5.36. The summed E-state index contributed by atoms with van der Waals surface area (Å²) in [5.41, 5.74) is 0.258. The molecule has 1 atom stereocenters. The molecule has 3 nitrogen and oxygen atoms in total. The van der Waals surface area contributed by atoms with Crippen LogP contribution in [-0.2, 0) is 0 Å². The van der Waals surface area contributed by atoms with Gasteiger partial charge in [-0.15, -0.1) is 0 Å². The van der Waals surface area contributed by atoms with Crippen LogP contribution < -0.4 is 5.32 Å². The fraction of sp³-hybridized carbons (Fsp3) is 0.417. The van der Waals surface area contributed by atoms with Gasteiger partial charge in [-0.05, 0) is 30.9 Å². The van der Waals surface area contributed by atoms with Gasteiger partial charge in [0.25, 0.3) is 5.91 Å². The third-order valence-electron chi connectivity index (χ3n) is 2.40. The molecular formula is C12H16ClNO2S. The van der Waals surface area contributed by atoms with Crippen LogP contribution in [0.1, 0.15) is 23.7 Å². The molecule has 0 fully saturated rings. The lowest BCUT2D eigenvalue weighted by Crippen LogP contribution is -2.36. The van der Waals surface area contributed by atoms with E-state index < -0.39 is 0 Å². The van der Waals surface area contributed by atoms with Crippen molar-refractivity contribution in [3.8, 4) is 5.75 Å². The first kappa shape index (κ1) is 14.2. The summed E-state index contributed by atoms with van der Waals surface area (Å²) >= 11 is 7.39. The molecule has 17 heavy (non-hydrogen) atoms. The van der Waals surface area contributed by atoms with Gasteiger partial charge in [0, 0.05) is 16.8 Å². The van der Waals surface area contributed by atoms with Crippen molar-refractivity contribution in [2.24, 2.45) is 0 Å². The highest BCUT2D eigenvalue weighted by atomic mass is 35.5. The topological polar surface area (TPSA) is 49.3 Å². The summed E-state index contributed by atoms with van der Waals surface area (Å²) in [5.74, 6) is 0.505. The number of carbonyl (C=O) groups is 1. The Morgan fingerprint density at radius 2 is 2.29 bits per heavy atom. The number of aromatic hydroxyl groups is 1. The number of phenols is 1. The maximum atomic E-state index is 11.9. The van der Waals surface area contributed by atoms with Gasteiger partial charge in [-0.3, -0.25) is 4.79 Å². The monoisotopic (exact) mass is 273 g/mol. The van der Waals surface area contributed by atoms with Crippen molar-refractivity contribution in [2.45, 2.75) is 19.4 Å². The molecule has 1 amide bonds. The molecule has 0 radical (unpaired) electrons. The fourth-order valence-electron chi connectivity index (χ4n) is 1.42. The molecule has 0 saturated heterocycles. The van der Waals surface area contributed by atoms with Crippen LogP contribution in [0.5, 0.6) is 5.75 Å². The molecule has 0 saturated carbocycles. The first-order valence-corrected chi connectivity index (χ1v) is 7.14. The highest BCUT2D eigenvalue weighted by Gasteiger charge is 2.15. The fourth-order valence-corrected chi connectivity index (χ4v) is 2.31. The predicted octanol–water partition coefficient (Wildman–Crippen LogP) is 2.92. The van der Waals surface area contributed by atoms with Crippen molar-refractivity contribution in [3.63, 3.8) is 0 Å². The Morgan fingerprint density at radius 1 is 1.59 bits per heavy atom. The standard InChI is InChI=1S/C12H16ClNO2S/c1-3-9(7-17-2)14-12(16)10-5-4-8(13)6-11(10)15/h4-6,9,15H,3,7H2,1-2H3,(H,14,16). The molecule has 0 heterocycles. The van der Waals surface area contributed by atoms with Gasteiger partial charge in [0.2, 0.25) is 0 Å². The van der Waals surface area contributed by atoms with Gasteiger partial charge in [-0.1, -0.05) is 18.5 Å². The van der Waals surface area contributed by atoms with E-state index in [0.717, 1.165) is 12.2 Å². The van der Waals surface area contributed by atoms with Gasteiger partial charge in [0.05, 0.1) is 5.56 Å². The van der Waals surface area contributed by atoms with E-state index in [0.29, 0.717) is 5.02 Å². The summed E-state index contributed by atoms with van der Waals surface area (Å²) in [6.45, 7) is 2.02. The second-order valence-electron chi connectivity index (χ2n) is 3.70. The van der Waals surface area contributed by atoms with E-state index in [-0.39, 0.29) is 23.3 Å². The van der Waals surface area contributed by atoms with E-state index in [9.17, 15) is 9.90 Å². The molecule has 1 aromatic carbocycles. The Morgan fingerprint density at radius 3 is 2.82 bits per heavy atom. The number of phenolic OH excluding ortho intramolecular Hbond substituents is 1. The van der Waals surface area contributed by atoms with Crippen LogP contribution in [0, 0.1) is 0 Å². The van der Waals surface area contributed by atoms with Crippen LogP contribution in [0.25, 0.3) is 0 Å². The van der Waals surface area contributed by atoms with Gasteiger partial charge < -0.3 is 10.4 Å². The van der Waals surface area contributed by atoms with E-state index in [2.05, 4.69) is 5.32 Å². The summed E-state index contributed by atoms with van der Waals surface area (Å²) in [4.78, 5) is 11.9. The summed E-state index contributed by atoms with van der Waals surface area (Å²) in [6, 6.07) is 4.60. The van der Waals surface area contributed by atoms with E-state index in [1.54, 1.807) is 17.8 Å². The van der Waals surface area contributed by atoms with Crippen LogP contribution >= 0.6 is 23.4 Å². The number of nitrogens with one attached hydrogen (secondary N) is 1. The van der Waals surface area contributed by atoms with Crippen LogP contribution in [0.15, 0.2) is 18.2 Å². The Labute approximate surface area is 111 Å². The molecule has 0 aliphatic heterocycles. The number of amides is 1. The van der Waals surface area contributed by atoms with E-state index in [4.69, 9.17) is 11.6 Å². The second-order valence-corrected chi connectivity index (χ2v) is 5.04. The third kappa shape index (κ3) is 4.13. The zero-order valence-corrected chi connectivity index (χ0v) is 11.4. The number of benzene rings is 1. The number of hydrogen-bond donors (Lipinski definition) is 2. The lowest BCUT2D eigenvalue weighted by molar-refractivity contribution is 0.0937. The molecule has 1 rings (SSSR count). The van der Waals surface area contributed by atoms with Crippen molar-refractivity contribution in [1.29, 1.82) is 0 Å². The van der Waals surface area contributed by atoms with Crippen LogP contribution in [0.3, 0.4) is 0 Å². The summed E-state index contributed by atoms with van der Waals surface area (Å²) in [6.07, 6.45) is 2.86. The maximum Gasteiger partial charge on any atom is 0.255 e. The molecule has 0 spiro atoms. The molecule has 1 aromatic rings. The maximum absolute atomic E-state index is 11.9. The lowest BCUT2D eigenvalue weighted by atomic mass is 10.1. The summed E-state index contributed by atoms with van der Waals surface area (Å²) in [5, 5.41) is 12.9. The molecule has 0 aromatic heterocycles. The number of carbonyl (C=O) groups excluding carboxylic acids is 1. The minimum absolute atomic E-state index is 0.0889. The van der Waals surface area contributed by atoms with Crippen molar-refractivity contribution in [1.82, 2.24) is 5.32 Å². The summed E-state index contributed by atoms with van der Waals surface area (Å²) < 4.78 is 0. The number of rotatable bonds is 5. The smallest absolute Gasteiger partial charge is 0.255 e. The van der Waals surface area contributed by atoms with Gasteiger partial charge in [-0.25, -0.2) is 0 Å². The van der Waals surface area contributed by atoms with E-state index in [1.807, 2.05) is 13.2 Å². The van der Waals surface area contributed by atoms with Gasteiger partial charge in [-0.2, -0.15) is 11.8 Å². The Hall–Kier alpha value is -0.870. The van der Waals surface area contributed by atoms with Crippen molar-refractivity contribution >= 4 is 29.3 Å². The zero-order valence-electron chi connectivity index (χ0n) is 9.87. The quantitative estimate of drug-likeness (QED) is 0.867. The van der Waals surface area contributed by atoms with E-state index >= 15 is 0 Å². The highest BCUT2D eigenvalue weighted by Crippen LogP contribution is 2.21. The minimum Gasteiger partial charge on any atom is -0.507 e. The SMILES string of the molecule is CCC(CSC)NC(=O)c1ccc(Cl)cc1O.